The molecular weight excluding hydrogens is 302 g/mol. The number of nitrogens with zero attached hydrogens (tertiary/aromatic N) is 2. The molecule has 0 atom stereocenters. The smallest absolute Gasteiger partial charge is 0.267 e. The fourth-order valence-electron chi connectivity index (χ4n) is 1.83. The van der Waals surface area contributed by atoms with Gasteiger partial charge in [-0.1, -0.05) is 13.8 Å². The maximum Gasteiger partial charge on any atom is 0.267 e. The van der Waals surface area contributed by atoms with Gasteiger partial charge in [-0.2, -0.15) is 11.8 Å². The van der Waals surface area contributed by atoms with Gasteiger partial charge >= 0.3 is 0 Å². The van der Waals surface area contributed by atoms with Gasteiger partial charge in [0.25, 0.3) is 5.56 Å². The van der Waals surface area contributed by atoms with Crippen molar-refractivity contribution in [3.8, 4) is 0 Å². The summed E-state index contributed by atoms with van der Waals surface area (Å²) in [4.78, 5) is 20.5. The Morgan fingerprint density at radius 3 is 3.06 bits per heavy atom. The highest BCUT2D eigenvalue weighted by Gasteiger charge is 2.25. The van der Waals surface area contributed by atoms with Crippen LogP contribution in [0.4, 0.5) is 5.82 Å². The van der Waals surface area contributed by atoms with Gasteiger partial charge in [0.15, 0.2) is 0 Å². The van der Waals surface area contributed by atoms with Crippen molar-refractivity contribution in [2.24, 2.45) is 0 Å². The number of aromatic amines is 1. The fourth-order valence-corrected chi connectivity index (χ4v) is 3.39. The number of aromatic nitrogens is 2. The molecule has 0 bridgehead atoms. The number of anilines is 1. The van der Waals surface area contributed by atoms with E-state index in [9.17, 15) is 4.79 Å². The second kappa shape index (κ2) is 5.02. The lowest BCUT2D eigenvalue weighted by atomic mass is 10.1. The lowest BCUT2D eigenvalue weighted by molar-refractivity contribution is 0.634. The second-order valence-corrected chi connectivity index (χ2v) is 7.31. The van der Waals surface area contributed by atoms with Crippen molar-refractivity contribution >= 4 is 33.5 Å². The normalized spacial score (nSPS) is 20.1. The highest BCUT2D eigenvalue weighted by molar-refractivity contribution is 9.10. The van der Waals surface area contributed by atoms with Gasteiger partial charge in [0.05, 0.1) is 6.33 Å². The molecule has 0 spiro atoms. The molecule has 1 aromatic rings. The summed E-state index contributed by atoms with van der Waals surface area (Å²) in [5, 5.41) is 0. The van der Waals surface area contributed by atoms with Crippen LogP contribution in [-0.2, 0) is 0 Å². The molecule has 1 fully saturated rings. The van der Waals surface area contributed by atoms with E-state index >= 15 is 0 Å². The van der Waals surface area contributed by atoms with Gasteiger partial charge < -0.3 is 9.88 Å². The van der Waals surface area contributed by atoms with Crippen molar-refractivity contribution < 1.29 is 0 Å². The number of rotatable bonds is 1. The number of halogens is 1. The van der Waals surface area contributed by atoms with Crippen LogP contribution in [0.3, 0.4) is 0 Å². The third-order valence-corrected chi connectivity index (χ3v) is 5.00. The Balaban J connectivity index is 2.23. The minimum Gasteiger partial charge on any atom is -0.355 e. The van der Waals surface area contributed by atoms with Gasteiger partial charge in [0.1, 0.15) is 10.3 Å². The van der Waals surface area contributed by atoms with Gasteiger partial charge in [0, 0.05) is 23.6 Å². The molecule has 1 aromatic heterocycles. The zero-order valence-electron chi connectivity index (χ0n) is 9.99. The quantitative estimate of drug-likeness (QED) is 0.863. The van der Waals surface area contributed by atoms with Crippen LogP contribution in [0.1, 0.15) is 20.3 Å². The van der Waals surface area contributed by atoms with E-state index in [4.69, 9.17) is 0 Å². The molecule has 6 heteroatoms. The first kappa shape index (κ1) is 13.0. The van der Waals surface area contributed by atoms with Crippen LogP contribution in [0.5, 0.6) is 0 Å². The molecule has 1 aliphatic rings. The molecule has 0 aliphatic carbocycles. The van der Waals surface area contributed by atoms with Gasteiger partial charge in [0.2, 0.25) is 0 Å². The lowest BCUT2D eigenvalue weighted by Crippen LogP contribution is -2.29. The number of hydrogen-bond acceptors (Lipinski definition) is 4. The van der Waals surface area contributed by atoms with Crippen molar-refractivity contribution in [2.45, 2.75) is 25.0 Å². The predicted octanol–water partition coefficient (Wildman–Crippen LogP) is 2.25. The van der Waals surface area contributed by atoms with Crippen molar-refractivity contribution in [1.29, 1.82) is 0 Å². The Hall–Kier alpha value is -0.490. The van der Waals surface area contributed by atoms with Crippen LogP contribution in [0.25, 0.3) is 0 Å². The van der Waals surface area contributed by atoms with Gasteiger partial charge in [-0.3, -0.25) is 4.79 Å². The monoisotopic (exact) mass is 317 g/mol. The molecule has 0 unspecified atom stereocenters. The van der Waals surface area contributed by atoms with Gasteiger partial charge in [-0.15, -0.1) is 0 Å². The first-order valence-corrected chi connectivity index (χ1v) is 7.39. The Kier molecular flexibility index (Phi) is 3.82. The summed E-state index contributed by atoms with van der Waals surface area (Å²) < 4.78 is 0.840. The first-order chi connectivity index (χ1) is 7.99. The molecule has 0 radical (unpaired) electrons. The maximum atomic E-state index is 11.5. The van der Waals surface area contributed by atoms with Crippen LogP contribution < -0.4 is 10.5 Å². The van der Waals surface area contributed by atoms with E-state index in [-0.39, 0.29) is 5.56 Å². The Morgan fingerprint density at radius 2 is 2.29 bits per heavy atom. The van der Waals surface area contributed by atoms with Crippen molar-refractivity contribution in [3.63, 3.8) is 0 Å². The first-order valence-electron chi connectivity index (χ1n) is 5.62. The van der Waals surface area contributed by atoms with E-state index in [1.165, 1.54) is 6.33 Å². The Bertz CT molecular complexity index is 460. The molecule has 2 rings (SSSR count). The summed E-state index contributed by atoms with van der Waals surface area (Å²) in [5.41, 5.74) is -0.119. The topological polar surface area (TPSA) is 49.0 Å². The summed E-state index contributed by atoms with van der Waals surface area (Å²) in [6.07, 6.45) is 2.56. The van der Waals surface area contributed by atoms with Crippen molar-refractivity contribution in [3.05, 3.63) is 21.2 Å². The molecule has 1 saturated heterocycles. The van der Waals surface area contributed by atoms with Crippen LogP contribution in [-0.4, -0.2) is 33.6 Å². The molecule has 4 nitrogen and oxygen atoms in total. The van der Waals surface area contributed by atoms with E-state index in [1.807, 2.05) is 11.8 Å². The minimum absolute atomic E-state index is 0.119. The summed E-state index contributed by atoms with van der Waals surface area (Å²) in [5.74, 6) is 1.82. The van der Waals surface area contributed by atoms with Crippen molar-refractivity contribution in [1.82, 2.24) is 9.97 Å². The standard InChI is InChI=1S/C11H16BrN3OS/c1-11(2)3-4-15(5-6-17-11)9-8(12)10(16)14-7-13-9/h7H,3-6H2,1-2H3,(H,13,14,16). The second-order valence-electron chi connectivity index (χ2n) is 4.71. The number of thioether (sulfide) groups is 1. The maximum absolute atomic E-state index is 11.5. The zero-order valence-corrected chi connectivity index (χ0v) is 12.4. The van der Waals surface area contributed by atoms with Crippen molar-refractivity contribution in [2.75, 3.05) is 23.7 Å². The molecule has 17 heavy (non-hydrogen) atoms. The van der Waals surface area contributed by atoms with Crippen LogP contribution in [0.15, 0.2) is 15.6 Å². The minimum atomic E-state index is -0.119. The summed E-state index contributed by atoms with van der Waals surface area (Å²) in [6, 6.07) is 0. The van der Waals surface area contributed by atoms with Crippen LogP contribution >= 0.6 is 27.7 Å². The van der Waals surface area contributed by atoms with E-state index < -0.39 is 0 Å². The summed E-state index contributed by atoms with van der Waals surface area (Å²) in [7, 11) is 0. The average molecular weight is 318 g/mol. The molecule has 0 aromatic carbocycles. The van der Waals surface area contributed by atoms with Gasteiger partial charge in [-0.05, 0) is 22.4 Å². The number of H-pyrrole nitrogens is 1. The highest BCUT2D eigenvalue weighted by Crippen LogP contribution is 2.32. The fraction of sp³-hybridized carbons (Fsp3) is 0.636. The zero-order chi connectivity index (χ0) is 12.5. The SMILES string of the molecule is CC1(C)CCN(c2nc[nH]c(=O)c2Br)CCS1. The lowest BCUT2D eigenvalue weighted by Gasteiger charge is -2.23. The molecule has 2 heterocycles. The highest BCUT2D eigenvalue weighted by atomic mass is 79.9. The summed E-state index contributed by atoms with van der Waals surface area (Å²) in [6.45, 7) is 6.40. The molecule has 0 amide bonds. The largest absolute Gasteiger partial charge is 0.355 e. The number of nitrogens with one attached hydrogen (secondary N) is 1. The molecular formula is C11H16BrN3OS. The van der Waals surface area contributed by atoms with Gasteiger partial charge in [-0.25, -0.2) is 4.98 Å². The molecule has 94 valence electrons. The molecule has 1 N–H and O–H groups in total. The predicted molar refractivity (Wildman–Crippen MR) is 75.9 cm³/mol. The van der Waals surface area contributed by atoms with E-state index in [0.717, 1.165) is 31.1 Å². The molecule has 1 aliphatic heterocycles. The van der Waals surface area contributed by atoms with E-state index in [2.05, 4.69) is 44.6 Å². The average Bonchev–Trinajstić information content (AvgIpc) is 2.44. The Labute approximate surface area is 113 Å². The van der Waals surface area contributed by atoms with E-state index in [1.54, 1.807) is 0 Å². The Morgan fingerprint density at radius 1 is 1.53 bits per heavy atom. The third-order valence-electron chi connectivity index (χ3n) is 2.92. The van der Waals surface area contributed by atoms with Crippen LogP contribution in [0, 0.1) is 0 Å². The van der Waals surface area contributed by atoms with E-state index in [0.29, 0.717) is 9.22 Å². The number of hydrogen-bond donors (Lipinski definition) is 1. The summed E-state index contributed by atoms with van der Waals surface area (Å²) >= 11 is 5.29. The molecule has 0 saturated carbocycles. The third kappa shape index (κ3) is 3.04. The van der Waals surface area contributed by atoms with Crippen LogP contribution in [0.2, 0.25) is 0 Å².